The fourth-order valence-electron chi connectivity index (χ4n) is 10.4. The first-order chi connectivity index (χ1) is 31.1. The van der Waals surface area contributed by atoms with Crippen molar-refractivity contribution in [2.75, 3.05) is 14.7 Å². The van der Waals surface area contributed by atoms with E-state index in [1.54, 1.807) is 0 Å². The number of pyridine rings is 2. The van der Waals surface area contributed by atoms with Crippen molar-refractivity contribution < 1.29 is 0 Å². The monoisotopic (exact) mass is 806 g/mol. The third kappa shape index (κ3) is 5.08. The molecule has 0 N–H and O–H groups in total. The molecule has 0 bridgehead atoms. The van der Waals surface area contributed by atoms with Gasteiger partial charge in [-0.05, 0) is 120 Å². The van der Waals surface area contributed by atoms with E-state index >= 15 is 4.79 Å². The highest BCUT2D eigenvalue weighted by Gasteiger charge is 2.44. The van der Waals surface area contributed by atoms with Crippen LogP contribution in [0.3, 0.4) is 0 Å². The number of rotatable bonds is 5. The Labute approximate surface area is 362 Å². The van der Waals surface area contributed by atoms with Gasteiger partial charge < -0.3 is 19.1 Å². The number of benzene rings is 9. The minimum absolute atomic E-state index is 0.0696. The Bertz CT molecular complexity index is 3710. The molecule has 13 rings (SSSR count). The average Bonchev–Trinajstić information content (AvgIpc) is 3.34. The molecule has 63 heavy (non-hydrogen) atoms. The minimum atomic E-state index is -0.212. The molecule has 2 aromatic heterocycles. The predicted octanol–water partition coefficient (Wildman–Crippen LogP) is 11.1. The smallest absolute Gasteiger partial charge is 0.252 e. The Hall–Kier alpha value is -8.42. The summed E-state index contributed by atoms with van der Waals surface area (Å²) in [6.45, 7) is -0.212. The molecule has 0 unspecified atom stereocenters. The summed E-state index contributed by atoms with van der Waals surface area (Å²) in [6, 6.07) is 73.3. The van der Waals surface area contributed by atoms with Crippen LogP contribution < -0.4 is 41.9 Å². The topological polar surface area (TPSA) is 48.3 Å². The SMILES string of the molecule is O=c1c2ccccc2n2c3cc4c(cc3c(=O)c3cccc1c32)N(c1ccccc1)c1cc(N(c2ccccc2)c2ccccc2)cc2c1B4c1ccccc1N2c1ccccc1. The first-order valence-electron chi connectivity index (χ1n) is 21.3. The zero-order valence-electron chi connectivity index (χ0n) is 33.9. The van der Waals surface area contributed by atoms with E-state index in [-0.39, 0.29) is 17.6 Å². The quantitative estimate of drug-likeness (QED) is 0.0985. The third-order valence-electron chi connectivity index (χ3n) is 13.0. The van der Waals surface area contributed by atoms with Gasteiger partial charge in [0.25, 0.3) is 6.71 Å². The maximum Gasteiger partial charge on any atom is 0.252 e. The van der Waals surface area contributed by atoms with E-state index in [0.717, 1.165) is 78.6 Å². The van der Waals surface area contributed by atoms with Crippen molar-refractivity contribution in [3.63, 3.8) is 0 Å². The molecule has 0 radical (unpaired) electrons. The van der Waals surface area contributed by atoms with Crippen LogP contribution in [0.5, 0.6) is 0 Å². The minimum Gasteiger partial charge on any atom is -0.311 e. The van der Waals surface area contributed by atoms with E-state index in [0.29, 0.717) is 27.1 Å². The Morgan fingerprint density at radius 3 is 1.51 bits per heavy atom. The van der Waals surface area contributed by atoms with Gasteiger partial charge in [-0.2, -0.15) is 0 Å². The molecular formula is C56H35BN4O2. The number of hydrogen-bond acceptors (Lipinski definition) is 5. The summed E-state index contributed by atoms with van der Waals surface area (Å²) in [5.41, 5.74) is 14.7. The molecule has 2 aliphatic heterocycles. The van der Waals surface area contributed by atoms with Gasteiger partial charge in [0.2, 0.25) is 0 Å². The molecule has 0 amide bonds. The van der Waals surface area contributed by atoms with Crippen LogP contribution in [0.15, 0.2) is 222 Å². The number of para-hydroxylation sites is 7. The highest BCUT2D eigenvalue weighted by atomic mass is 16.1. The van der Waals surface area contributed by atoms with Crippen molar-refractivity contribution >= 4 is 112 Å². The summed E-state index contributed by atoms with van der Waals surface area (Å²) in [5, 5.41) is 2.28. The lowest BCUT2D eigenvalue weighted by molar-refractivity contribution is 1.22. The van der Waals surface area contributed by atoms with Gasteiger partial charge in [-0.3, -0.25) is 9.59 Å². The van der Waals surface area contributed by atoms with Gasteiger partial charge in [0, 0.05) is 67.0 Å². The Kier molecular flexibility index (Phi) is 7.60. The number of hydrogen-bond donors (Lipinski definition) is 0. The lowest BCUT2D eigenvalue weighted by Crippen LogP contribution is -2.61. The molecule has 4 heterocycles. The van der Waals surface area contributed by atoms with E-state index < -0.39 is 0 Å². The summed E-state index contributed by atoms with van der Waals surface area (Å²) in [6.07, 6.45) is 0. The molecule has 2 aliphatic rings. The summed E-state index contributed by atoms with van der Waals surface area (Å²) in [7, 11) is 0. The number of fused-ring (bicyclic) bond motifs is 8. The van der Waals surface area contributed by atoms with Crippen LogP contribution in [0.1, 0.15) is 0 Å². The molecule has 0 saturated carbocycles. The molecule has 0 spiro atoms. The Morgan fingerprint density at radius 2 is 0.873 bits per heavy atom. The molecule has 9 aromatic carbocycles. The van der Waals surface area contributed by atoms with Gasteiger partial charge >= 0.3 is 0 Å². The number of aromatic nitrogens is 1. The lowest BCUT2D eigenvalue weighted by Gasteiger charge is -2.45. The average molecular weight is 807 g/mol. The molecule has 11 aromatic rings. The van der Waals surface area contributed by atoms with Crippen molar-refractivity contribution in [2.45, 2.75) is 0 Å². The van der Waals surface area contributed by atoms with Crippen LogP contribution in [-0.2, 0) is 0 Å². The van der Waals surface area contributed by atoms with Crippen molar-refractivity contribution in [2.24, 2.45) is 0 Å². The molecule has 0 atom stereocenters. The maximum absolute atomic E-state index is 15.0. The van der Waals surface area contributed by atoms with Crippen LogP contribution in [0, 0.1) is 0 Å². The zero-order valence-corrected chi connectivity index (χ0v) is 33.9. The van der Waals surface area contributed by atoms with E-state index in [2.05, 4.69) is 183 Å². The van der Waals surface area contributed by atoms with E-state index in [4.69, 9.17) is 0 Å². The van der Waals surface area contributed by atoms with Gasteiger partial charge in [0.05, 0.1) is 22.2 Å². The molecule has 294 valence electrons. The molecule has 0 saturated heterocycles. The van der Waals surface area contributed by atoms with Crippen molar-refractivity contribution in [3.8, 4) is 0 Å². The standard InChI is InChI=1S/C56H35BN4O2/c62-55-41-26-13-15-30-47(41)61-49-35-46-50(34-44(49)56(63)43-28-17-27-42(55)54(43)61)60(39-24-11-4-12-25-39)52-33-40(58(36-18-5-1-6-19-36)37-20-7-2-8-21-37)32-51-53(52)57(46)45-29-14-16-31-48(45)59(51)38-22-9-3-10-23-38/h1-35H. The van der Waals surface area contributed by atoms with E-state index in [1.807, 2.05) is 48.5 Å². The van der Waals surface area contributed by atoms with Crippen LogP contribution in [0.2, 0.25) is 0 Å². The molecule has 0 aliphatic carbocycles. The predicted molar refractivity (Wildman–Crippen MR) is 262 cm³/mol. The summed E-state index contributed by atoms with van der Waals surface area (Å²) in [4.78, 5) is 36.2. The normalized spacial score (nSPS) is 12.8. The van der Waals surface area contributed by atoms with Crippen molar-refractivity contribution in [1.82, 2.24) is 4.40 Å². The largest absolute Gasteiger partial charge is 0.311 e. The van der Waals surface area contributed by atoms with Crippen LogP contribution >= 0.6 is 0 Å². The zero-order chi connectivity index (χ0) is 41.8. The second kappa shape index (κ2) is 13.5. The summed E-state index contributed by atoms with van der Waals surface area (Å²) >= 11 is 0. The maximum atomic E-state index is 15.0. The highest BCUT2D eigenvalue weighted by molar-refractivity contribution is 7.00. The second-order valence-corrected chi connectivity index (χ2v) is 16.4. The first-order valence-corrected chi connectivity index (χ1v) is 21.3. The fourth-order valence-corrected chi connectivity index (χ4v) is 10.4. The molecule has 0 fully saturated rings. The second-order valence-electron chi connectivity index (χ2n) is 16.4. The van der Waals surface area contributed by atoms with Crippen LogP contribution in [0.25, 0.3) is 38.1 Å². The van der Waals surface area contributed by atoms with Crippen LogP contribution in [0.4, 0.5) is 51.2 Å². The number of anilines is 9. The van der Waals surface area contributed by atoms with Crippen molar-refractivity contribution in [3.05, 3.63) is 233 Å². The summed E-state index contributed by atoms with van der Waals surface area (Å²) in [5.74, 6) is 0. The van der Waals surface area contributed by atoms with Crippen LogP contribution in [-0.4, -0.2) is 11.1 Å². The Morgan fingerprint density at radius 1 is 0.365 bits per heavy atom. The number of nitrogens with zero attached hydrogens (tertiary/aromatic N) is 4. The summed E-state index contributed by atoms with van der Waals surface area (Å²) < 4.78 is 2.16. The van der Waals surface area contributed by atoms with Gasteiger partial charge in [-0.15, -0.1) is 0 Å². The molecule has 7 heteroatoms. The molecule has 6 nitrogen and oxygen atoms in total. The van der Waals surface area contributed by atoms with E-state index in [9.17, 15) is 4.79 Å². The van der Waals surface area contributed by atoms with Crippen molar-refractivity contribution in [1.29, 1.82) is 0 Å². The lowest BCUT2D eigenvalue weighted by atomic mass is 9.33. The van der Waals surface area contributed by atoms with Gasteiger partial charge in [0.1, 0.15) is 0 Å². The van der Waals surface area contributed by atoms with E-state index in [1.165, 1.54) is 0 Å². The highest BCUT2D eigenvalue weighted by Crippen LogP contribution is 2.48. The van der Waals surface area contributed by atoms with Gasteiger partial charge in [-0.25, -0.2) is 0 Å². The van der Waals surface area contributed by atoms with Gasteiger partial charge in [-0.1, -0.05) is 109 Å². The Balaban J connectivity index is 1.21. The van der Waals surface area contributed by atoms with Gasteiger partial charge in [0.15, 0.2) is 10.9 Å². The third-order valence-corrected chi connectivity index (χ3v) is 13.0. The first kappa shape index (κ1) is 35.4. The molecular weight excluding hydrogens is 771 g/mol. The fraction of sp³-hybridized carbons (Fsp3) is 0.